The molecule has 0 saturated carbocycles. The Kier molecular flexibility index (Phi) is 11.9. The van der Waals surface area contributed by atoms with Crippen molar-refractivity contribution in [2.75, 3.05) is 0 Å². The Labute approximate surface area is 467 Å². The first-order valence-corrected chi connectivity index (χ1v) is 26.1. The predicted octanol–water partition coefficient (Wildman–Crippen LogP) is 19.5. The average Bonchev–Trinajstić information content (AvgIpc) is 4.27. The zero-order valence-corrected chi connectivity index (χ0v) is 43.4. The highest BCUT2D eigenvalue weighted by Gasteiger charge is 2.25. The summed E-state index contributed by atoms with van der Waals surface area (Å²) in [6.07, 6.45) is 0. The lowest BCUT2D eigenvalue weighted by Crippen LogP contribution is -2.02. The van der Waals surface area contributed by atoms with Crippen molar-refractivity contribution in [3.05, 3.63) is 281 Å². The monoisotopic (exact) mass is 1030 g/mol. The fourth-order valence-corrected chi connectivity index (χ4v) is 11.5. The van der Waals surface area contributed by atoms with Gasteiger partial charge in [0.1, 0.15) is 0 Å². The van der Waals surface area contributed by atoms with Gasteiger partial charge in [-0.15, -0.1) is 0 Å². The van der Waals surface area contributed by atoms with Crippen LogP contribution < -0.4 is 0 Å². The van der Waals surface area contributed by atoms with Crippen molar-refractivity contribution >= 4 is 60.7 Å². The zero-order valence-electron chi connectivity index (χ0n) is 43.4. The Morgan fingerprint density at radius 3 is 1.11 bits per heavy atom. The standard InChI is InChI=1S/C73H40N8/c1-45-36-48(44-76)12-30-60(45)57-25-35-71(80-67-31-21-53(49-13-8-46(42-74)9-14-49)37-61(67)62-39-55(22-32-68(62)80)51-17-26-58(77-2)27-18-51)65(41-57)73-66(79-4)6-5-7-72(73)81-69-33-23-54(50-15-10-47(43-75)11-16-50)38-63(69)64-40-56(24-34-70(64)81)52-19-28-59(78-3)29-20-52/h5-41H,1H3. The first-order valence-electron chi connectivity index (χ1n) is 26.1. The summed E-state index contributed by atoms with van der Waals surface area (Å²) in [5.74, 6) is 0. The Bertz CT molecular complexity index is 4800. The second-order valence-electron chi connectivity index (χ2n) is 20.0. The third kappa shape index (κ3) is 8.37. The van der Waals surface area contributed by atoms with Gasteiger partial charge in [0, 0.05) is 32.8 Å². The molecule has 0 radical (unpaired) electrons. The molecule has 0 spiro atoms. The Morgan fingerprint density at radius 1 is 0.333 bits per heavy atom. The van der Waals surface area contributed by atoms with Crippen LogP contribution in [0.1, 0.15) is 22.3 Å². The van der Waals surface area contributed by atoms with Gasteiger partial charge in [0.25, 0.3) is 0 Å². The lowest BCUT2D eigenvalue weighted by Gasteiger charge is -2.21. The van der Waals surface area contributed by atoms with E-state index < -0.39 is 0 Å². The first-order chi connectivity index (χ1) is 39.7. The van der Waals surface area contributed by atoms with Gasteiger partial charge in [-0.3, -0.25) is 0 Å². The molecule has 0 bridgehead atoms. The average molecular weight is 1030 g/mol. The number of nitriles is 3. The molecule has 0 unspecified atom stereocenters. The molecule has 0 aliphatic rings. The summed E-state index contributed by atoms with van der Waals surface area (Å²) in [6.45, 7) is 26.2. The van der Waals surface area contributed by atoms with Gasteiger partial charge >= 0.3 is 0 Å². The highest BCUT2D eigenvalue weighted by atomic mass is 15.0. The van der Waals surface area contributed by atoms with E-state index in [1.54, 1.807) is 0 Å². The van der Waals surface area contributed by atoms with E-state index in [9.17, 15) is 15.8 Å². The Hall–Kier alpha value is -12.0. The van der Waals surface area contributed by atoms with Gasteiger partial charge in [-0.25, -0.2) is 14.5 Å². The second kappa shape index (κ2) is 19.8. The number of hydrogen-bond donors (Lipinski definition) is 0. The highest BCUT2D eigenvalue weighted by Crippen LogP contribution is 2.48. The topological polar surface area (TPSA) is 94.3 Å². The summed E-state index contributed by atoms with van der Waals surface area (Å²) in [7, 11) is 0. The molecule has 8 nitrogen and oxygen atoms in total. The molecule has 13 aromatic rings. The van der Waals surface area contributed by atoms with Crippen LogP contribution in [0.15, 0.2) is 224 Å². The highest BCUT2D eigenvalue weighted by molar-refractivity contribution is 6.14. The summed E-state index contributed by atoms with van der Waals surface area (Å²) >= 11 is 0. The van der Waals surface area contributed by atoms with Crippen molar-refractivity contribution in [3.63, 3.8) is 0 Å². The van der Waals surface area contributed by atoms with E-state index in [-0.39, 0.29) is 0 Å². The molecule has 0 saturated heterocycles. The Morgan fingerprint density at radius 2 is 0.716 bits per heavy atom. The zero-order chi connectivity index (χ0) is 55.3. The molecule has 0 atom stereocenters. The number of nitrogens with zero attached hydrogens (tertiary/aromatic N) is 8. The number of hydrogen-bond acceptors (Lipinski definition) is 3. The van der Waals surface area contributed by atoms with Crippen LogP contribution in [0.4, 0.5) is 17.1 Å². The van der Waals surface area contributed by atoms with E-state index >= 15 is 0 Å². The maximum atomic E-state index is 9.93. The molecule has 2 heterocycles. The van der Waals surface area contributed by atoms with Gasteiger partial charge in [0.05, 0.1) is 82.4 Å². The van der Waals surface area contributed by atoms with E-state index in [1.165, 1.54) is 0 Å². The molecular formula is C73H40N8. The minimum atomic E-state index is 0.456. The summed E-state index contributed by atoms with van der Waals surface area (Å²) in [5, 5.41) is 33.2. The quantitative estimate of drug-likeness (QED) is 0.142. The van der Waals surface area contributed by atoms with Crippen LogP contribution in [-0.4, -0.2) is 9.13 Å². The van der Waals surface area contributed by atoms with Gasteiger partial charge in [0.15, 0.2) is 17.1 Å². The smallest absolute Gasteiger partial charge is 0.197 e. The van der Waals surface area contributed by atoms with E-state index in [4.69, 9.17) is 19.7 Å². The molecule has 13 rings (SSSR count). The van der Waals surface area contributed by atoms with Crippen LogP contribution in [0.5, 0.6) is 0 Å². The van der Waals surface area contributed by atoms with E-state index in [0.717, 1.165) is 127 Å². The van der Waals surface area contributed by atoms with E-state index in [2.05, 4.69) is 139 Å². The van der Waals surface area contributed by atoms with Crippen LogP contribution in [0.2, 0.25) is 0 Å². The number of benzene rings is 11. The van der Waals surface area contributed by atoms with Crippen LogP contribution in [0.25, 0.3) is 136 Å². The molecule has 8 heteroatoms. The van der Waals surface area contributed by atoms with Crippen LogP contribution >= 0.6 is 0 Å². The summed E-state index contributed by atoms with van der Waals surface area (Å²) < 4.78 is 4.57. The fraction of sp³-hybridized carbons (Fsp3) is 0.0137. The third-order valence-electron chi connectivity index (χ3n) is 15.4. The Balaban J connectivity index is 1.11. The number of rotatable bonds is 8. The fourth-order valence-electron chi connectivity index (χ4n) is 11.5. The summed E-state index contributed by atoms with van der Waals surface area (Å²) in [4.78, 5) is 11.6. The van der Waals surface area contributed by atoms with E-state index in [1.807, 2.05) is 134 Å². The van der Waals surface area contributed by atoms with Gasteiger partial charge in [-0.1, -0.05) is 121 Å². The molecule has 0 aliphatic carbocycles. The summed E-state index contributed by atoms with van der Waals surface area (Å²) in [6, 6.07) is 81.4. The molecule has 0 fully saturated rings. The minimum Gasteiger partial charge on any atom is -0.310 e. The molecule has 372 valence electrons. The molecule has 0 aliphatic heterocycles. The number of fused-ring (bicyclic) bond motifs is 6. The van der Waals surface area contributed by atoms with Crippen molar-refractivity contribution in [2.24, 2.45) is 0 Å². The first kappa shape index (κ1) is 48.6. The van der Waals surface area contributed by atoms with Gasteiger partial charge in [-0.2, -0.15) is 15.8 Å². The molecule has 81 heavy (non-hydrogen) atoms. The molecule has 0 N–H and O–H groups in total. The van der Waals surface area contributed by atoms with Crippen molar-refractivity contribution in [2.45, 2.75) is 6.92 Å². The van der Waals surface area contributed by atoms with Gasteiger partial charge in [-0.05, 0) is 177 Å². The second-order valence-corrected chi connectivity index (χ2v) is 20.0. The summed E-state index contributed by atoms with van der Waals surface area (Å²) in [5.41, 5.74) is 20.9. The van der Waals surface area contributed by atoms with Crippen molar-refractivity contribution in [3.8, 4) is 96.3 Å². The normalized spacial score (nSPS) is 11.0. The largest absolute Gasteiger partial charge is 0.310 e. The molecule has 0 amide bonds. The van der Waals surface area contributed by atoms with Crippen molar-refractivity contribution in [1.82, 2.24) is 9.13 Å². The maximum absolute atomic E-state index is 9.93. The van der Waals surface area contributed by atoms with Gasteiger partial charge in [0.2, 0.25) is 0 Å². The van der Waals surface area contributed by atoms with Crippen LogP contribution in [0.3, 0.4) is 0 Å². The number of aromatic nitrogens is 2. The van der Waals surface area contributed by atoms with Crippen molar-refractivity contribution in [1.29, 1.82) is 15.8 Å². The maximum Gasteiger partial charge on any atom is 0.197 e. The lowest BCUT2D eigenvalue weighted by molar-refractivity contribution is 1.16. The molecule has 11 aromatic carbocycles. The van der Waals surface area contributed by atoms with Crippen molar-refractivity contribution < 1.29 is 0 Å². The van der Waals surface area contributed by atoms with E-state index in [0.29, 0.717) is 33.8 Å². The third-order valence-corrected chi connectivity index (χ3v) is 15.4. The minimum absolute atomic E-state index is 0.456. The molecule has 2 aromatic heterocycles. The van der Waals surface area contributed by atoms with Gasteiger partial charge < -0.3 is 9.13 Å². The van der Waals surface area contributed by atoms with Crippen LogP contribution in [0, 0.1) is 60.6 Å². The SMILES string of the molecule is [C-]#[N+]c1ccc(-c2ccc3c(c2)c2cc(-c4ccc(C#N)cc4)ccc2n3-c2ccc(-c3ccc(C#N)cc3C)cc2-c2c([N+]#[C-])cccc2-n2c3ccc(-c4ccc(C#N)cc4)cc3c3cc(-c4ccc([N+]#[C-])cc4)ccc32)cc1. The predicted molar refractivity (Wildman–Crippen MR) is 325 cm³/mol. The van der Waals surface area contributed by atoms with Crippen LogP contribution in [-0.2, 0) is 0 Å². The lowest BCUT2D eigenvalue weighted by atomic mass is 9.92. The molecular weight excluding hydrogens is 989 g/mol. The number of aryl methyl sites for hydroxylation is 1.